The molecule has 0 spiro atoms. The molecular weight excluding hydrogens is 486 g/mol. The van der Waals surface area contributed by atoms with E-state index in [1.54, 1.807) is 0 Å². The molecule has 0 unspecified atom stereocenters. The normalized spacial score (nSPS) is 11.3. The van der Waals surface area contributed by atoms with E-state index >= 15 is 0 Å². The van der Waals surface area contributed by atoms with Crippen molar-refractivity contribution in [1.29, 1.82) is 0 Å². The van der Waals surface area contributed by atoms with Crippen LogP contribution in [0.5, 0.6) is 5.75 Å². The minimum atomic E-state index is 0.597. The molecule has 216 valence electrons. The topological polar surface area (TPSA) is 13.1 Å². The summed E-state index contributed by atoms with van der Waals surface area (Å²) >= 11 is 0. The molecule has 0 N–H and O–H groups in total. The SMILES string of the molecule is CCCCCCCCCCCCCCCCCC[n+]1ccc(/C=C/c2ccc(OCc3ccccc3)cc2)cc1. The van der Waals surface area contributed by atoms with Gasteiger partial charge in [-0.2, -0.15) is 0 Å². The summed E-state index contributed by atoms with van der Waals surface area (Å²) in [6.45, 7) is 4.01. The van der Waals surface area contributed by atoms with Gasteiger partial charge in [0.05, 0.1) is 0 Å². The van der Waals surface area contributed by atoms with E-state index < -0.39 is 0 Å². The molecule has 0 amide bonds. The van der Waals surface area contributed by atoms with Crippen molar-refractivity contribution in [2.75, 3.05) is 0 Å². The first kappa shape index (κ1) is 31.7. The monoisotopic (exact) mass is 540 g/mol. The van der Waals surface area contributed by atoms with Gasteiger partial charge in [0.15, 0.2) is 12.4 Å². The average molecular weight is 541 g/mol. The number of aryl methyl sites for hydroxylation is 1. The molecule has 0 aliphatic rings. The van der Waals surface area contributed by atoms with E-state index in [1.807, 2.05) is 30.3 Å². The molecule has 2 nitrogen and oxygen atoms in total. The molecule has 1 aromatic heterocycles. The van der Waals surface area contributed by atoms with E-state index in [4.69, 9.17) is 4.74 Å². The largest absolute Gasteiger partial charge is 0.489 e. The third kappa shape index (κ3) is 14.5. The fourth-order valence-corrected chi connectivity index (χ4v) is 5.18. The van der Waals surface area contributed by atoms with Crippen molar-refractivity contribution in [1.82, 2.24) is 0 Å². The van der Waals surface area contributed by atoms with E-state index in [-0.39, 0.29) is 0 Å². The van der Waals surface area contributed by atoms with Crippen molar-refractivity contribution in [2.45, 2.75) is 123 Å². The number of hydrogen-bond acceptors (Lipinski definition) is 1. The Labute approximate surface area is 245 Å². The highest BCUT2D eigenvalue weighted by Gasteiger charge is 2.01. The van der Waals surface area contributed by atoms with Crippen LogP contribution in [0.25, 0.3) is 12.2 Å². The lowest BCUT2D eigenvalue weighted by molar-refractivity contribution is -0.697. The zero-order valence-corrected chi connectivity index (χ0v) is 25.2. The molecule has 2 heteroatoms. The summed E-state index contributed by atoms with van der Waals surface area (Å²) in [6, 6.07) is 23.0. The van der Waals surface area contributed by atoms with Crippen LogP contribution in [0.1, 0.15) is 126 Å². The molecular formula is C38H54NO+. The van der Waals surface area contributed by atoms with Gasteiger partial charge in [-0.3, -0.25) is 0 Å². The smallest absolute Gasteiger partial charge is 0.169 e. The van der Waals surface area contributed by atoms with Crippen LogP contribution in [-0.4, -0.2) is 0 Å². The first-order chi connectivity index (χ1) is 19.8. The zero-order valence-electron chi connectivity index (χ0n) is 25.2. The van der Waals surface area contributed by atoms with Gasteiger partial charge < -0.3 is 4.74 Å². The zero-order chi connectivity index (χ0) is 27.9. The van der Waals surface area contributed by atoms with E-state index in [0.29, 0.717) is 6.61 Å². The van der Waals surface area contributed by atoms with Crippen molar-refractivity contribution in [2.24, 2.45) is 0 Å². The van der Waals surface area contributed by atoms with E-state index in [2.05, 4.69) is 72.4 Å². The van der Waals surface area contributed by atoms with Crippen molar-refractivity contribution in [3.63, 3.8) is 0 Å². The number of unbranched alkanes of at least 4 members (excludes halogenated alkanes) is 15. The van der Waals surface area contributed by atoms with Gasteiger partial charge in [-0.15, -0.1) is 0 Å². The fourth-order valence-electron chi connectivity index (χ4n) is 5.18. The van der Waals surface area contributed by atoms with Crippen molar-refractivity contribution >= 4 is 12.2 Å². The van der Waals surface area contributed by atoms with Crippen molar-refractivity contribution in [3.8, 4) is 5.75 Å². The average Bonchev–Trinajstić information content (AvgIpc) is 3.00. The van der Waals surface area contributed by atoms with Gasteiger partial charge in [0.25, 0.3) is 0 Å². The number of benzene rings is 2. The number of hydrogen-bond donors (Lipinski definition) is 0. The van der Waals surface area contributed by atoms with Crippen molar-refractivity contribution in [3.05, 3.63) is 95.8 Å². The molecule has 40 heavy (non-hydrogen) atoms. The van der Waals surface area contributed by atoms with Crippen LogP contribution in [0.2, 0.25) is 0 Å². The summed E-state index contributed by atoms with van der Waals surface area (Å²) in [4.78, 5) is 0. The van der Waals surface area contributed by atoms with E-state index in [0.717, 1.165) is 12.3 Å². The number of nitrogens with zero attached hydrogens (tertiary/aromatic N) is 1. The summed E-state index contributed by atoms with van der Waals surface area (Å²) in [5, 5.41) is 0. The Morgan fingerprint density at radius 3 is 1.52 bits per heavy atom. The summed E-state index contributed by atoms with van der Waals surface area (Å²) in [7, 11) is 0. The number of pyridine rings is 1. The summed E-state index contributed by atoms with van der Waals surface area (Å²) < 4.78 is 8.21. The maximum atomic E-state index is 5.89. The second-order valence-corrected chi connectivity index (χ2v) is 11.3. The van der Waals surface area contributed by atoms with Crippen LogP contribution in [0, 0.1) is 0 Å². The van der Waals surface area contributed by atoms with Gasteiger partial charge in [0, 0.05) is 18.6 Å². The van der Waals surface area contributed by atoms with Crippen LogP contribution in [0.15, 0.2) is 79.1 Å². The molecule has 2 aromatic carbocycles. The molecule has 0 bridgehead atoms. The van der Waals surface area contributed by atoms with Gasteiger partial charge >= 0.3 is 0 Å². The first-order valence-electron chi connectivity index (χ1n) is 16.3. The van der Waals surface area contributed by atoms with Crippen LogP contribution in [0.3, 0.4) is 0 Å². The summed E-state index contributed by atoms with van der Waals surface area (Å²) in [6.07, 6.45) is 31.5. The Balaban J connectivity index is 1.18. The van der Waals surface area contributed by atoms with Gasteiger partial charge in [-0.1, -0.05) is 151 Å². The van der Waals surface area contributed by atoms with Gasteiger partial charge in [0.1, 0.15) is 18.9 Å². The maximum absolute atomic E-state index is 5.89. The third-order valence-electron chi connectivity index (χ3n) is 7.78. The predicted octanol–water partition coefficient (Wildman–Crippen LogP) is 11.0. The highest BCUT2D eigenvalue weighted by atomic mass is 16.5. The number of ether oxygens (including phenoxy) is 1. The van der Waals surface area contributed by atoms with Gasteiger partial charge in [-0.05, 0) is 35.2 Å². The lowest BCUT2D eigenvalue weighted by Crippen LogP contribution is -2.32. The number of rotatable bonds is 22. The molecule has 0 fully saturated rings. The standard InChI is InChI=1S/C38H54NO/c1-2-3-4-5-6-7-8-9-10-11-12-13-14-15-16-20-31-39-32-29-36(30-33-39)24-23-35-25-27-38(28-26-35)40-34-37-21-18-17-19-22-37/h17-19,21-30,32-33H,2-16,20,31,34H2,1H3/q+1/b24-23+. The van der Waals surface area contributed by atoms with Crippen molar-refractivity contribution < 1.29 is 9.30 Å². The van der Waals surface area contributed by atoms with Gasteiger partial charge in [0.2, 0.25) is 0 Å². The van der Waals surface area contributed by atoms with Crippen LogP contribution in [-0.2, 0) is 13.2 Å². The second-order valence-electron chi connectivity index (χ2n) is 11.3. The Morgan fingerprint density at radius 2 is 1.00 bits per heavy atom. The van der Waals surface area contributed by atoms with Gasteiger partial charge in [-0.25, -0.2) is 4.57 Å². The lowest BCUT2D eigenvalue weighted by atomic mass is 10.0. The molecule has 1 heterocycles. The third-order valence-corrected chi connectivity index (χ3v) is 7.78. The van der Waals surface area contributed by atoms with Crippen LogP contribution < -0.4 is 9.30 Å². The Morgan fingerprint density at radius 1 is 0.525 bits per heavy atom. The Bertz CT molecular complexity index is 1020. The van der Waals surface area contributed by atoms with E-state index in [1.165, 1.54) is 119 Å². The lowest BCUT2D eigenvalue weighted by Gasteiger charge is -2.06. The molecule has 0 aliphatic carbocycles. The maximum Gasteiger partial charge on any atom is 0.169 e. The highest BCUT2D eigenvalue weighted by Crippen LogP contribution is 2.17. The molecule has 0 atom stereocenters. The molecule has 0 saturated heterocycles. The summed E-state index contributed by atoms with van der Waals surface area (Å²) in [5.74, 6) is 0.899. The summed E-state index contributed by atoms with van der Waals surface area (Å²) in [5.41, 5.74) is 3.59. The first-order valence-corrected chi connectivity index (χ1v) is 16.3. The van der Waals surface area contributed by atoms with E-state index in [9.17, 15) is 0 Å². The molecule has 0 aliphatic heterocycles. The van der Waals surface area contributed by atoms with Crippen LogP contribution >= 0.6 is 0 Å². The minimum absolute atomic E-state index is 0.597. The minimum Gasteiger partial charge on any atom is -0.489 e. The predicted molar refractivity (Wildman–Crippen MR) is 172 cm³/mol. The molecule has 3 aromatic rings. The Hall–Kier alpha value is -2.87. The van der Waals surface area contributed by atoms with Crippen LogP contribution in [0.4, 0.5) is 0 Å². The molecule has 0 radical (unpaired) electrons. The number of aromatic nitrogens is 1. The molecule has 3 rings (SSSR count). The quantitative estimate of drug-likeness (QED) is 0.0912. The highest BCUT2D eigenvalue weighted by molar-refractivity contribution is 5.69. The Kier molecular flexibility index (Phi) is 16.6. The second kappa shape index (κ2) is 21.0. The molecule has 0 saturated carbocycles. The fraction of sp³-hybridized carbons (Fsp3) is 0.500.